The lowest BCUT2D eigenvalue weighted by molar-refractivity contribution is 0.617. The third-order valence-corrected chi connectivity index (χ3v) is 3.80. The average Bonchev–Trinajstić information content (AvgIpc) is 2.62. The Labute approximate surface area is 152 Å². The van der Waals surface area contributed by atoms with Crippen molar-refractivity contribution in [2.45, 2.75) is 20.4 Å². The fourth-order valence-electron chi connectivity index (χ4n) is 2.43. The molecule has 0 saturated carbocycles. The largest absolute Gasteiger partial charge is 0.381 e. The average molecular weight is 351 g/mol. The molecule has 0 aliphatic rings. The Morgan fingerprint density at radius 3 is 2.81 bits per heavy atom. The van der Waals surface area contributed by atoms with Crippen molar-refractivity contribution < 1.29 is 4.39 Å². The quantitative estimate of drug-likeness (QED) is 0.738. The molecule has 2 aromatic rings. The molecule has 5 heteroatoms. The van der Waals surface area contributed by atoms with Gasteiger partial charge in [-0.2, -0.15) is 5.10 Å². The molecule has 0 saturated heterocycles. The highest BCUT2D eigenvalue weighted by Crippen LogP contribution is 2.16. The highest BCUT2D eigenvalue weighted by Gasteiger charge is 2.09. The van der Waals surface area contributed by atoms with Gasteiger partial charge in [-0.1, -0.05) is 49.6 Å². The minimum absolute atomic E-state index is 0.242. The first-order valence-electron chi connectivity index (χ1n) is 8.20. The first-order valence-corrected chi connectivity index (χ1v) is 8.20. The van der Waals surface area contributed by atoms with Crippen molar-refractivity contribution in [2.75, 3.05) is 0 Å². The Hall–Kier alpha value is -3.21. The summed E-state index contributed by atoms with van der Waals surface area (Å²) in [6, 6.07) is 6.56. The Morgan fingerprint density at radius 1 is 1.38 bits per heavy atom. The molecule has 0 atom stereocenters. The molecule has 2 N–H and O–H groups in total. The van der Waals surface area contributed by atoms with Gasteiger partial charge >= 0.3 is 0 Å². The zero-order valence-corrected chi connectivity index (χ0v) is 15.0. The van der Waals surface area contributed by atoms with Gasteiger partial charge in [0.2, 0.25) is 0 Å². The van der Waals surface area contributed by atoms with Gasteiger partial charge in [0, 0.05) is 17.8 Å². The molecule has 4 nitrogen and oxygen atoms in total. The van der Waals surface area contributed by atoms with E-state index < -0.39 is 0 Å². The molecule has 0 aliphatic heterocycles. The molecule has 0 amide bonds. The van der Waals surface area contributed by atoms with Crippen LogP contribution in [0.1, 0.15) is 29.3 Å². The fraction of sp³-hybridized carbons (Fsp3) is 0.143. The minimum Gasteiger partial charge on any atom is -0.381 e. The molecular formula is C21H22FN3O. The van der Waals surface area contributed by atoms with Crippen molar-refractivity contribution in [1.29, 1.82) is 0 Å². The molecule has 0 spiro atoms. The van der Waals surface area contributed by atoms with Crippen LogP contribution in [0.4, 0.5) is 4.39 Å². The molecule has 1 aromatic heterocycles. The van der Waals surface area contributed by atoms with E-state index in [1.54, 1.807) is 31.2 Å². The number of H-pyrrole nitrogens is 1. The second kappa shape index (κ2) is 8.76. The predicted octanol–water partition coefficient (Wildman–Crippen LogP) is 4.12. The Kier molecular flexibility index (Phi) is 6.44. The lowest BCUT2D eigenvalue weighted by Gasteiger charge is -2.11. The Balaban J connectivity index is 2.23. The van der Waals surface area contributed by atoms with Crippen molar-refractivity contribution in [2.24, 2.45) is 0 Å². The van der Waals surface area contributed by atoms with Crippen LogP contribution in [-0.4, -0.2) is 10.2 Å². The number of benzene rings is 1. The summed E-state index contributed by atoms with van der Waals surface area (Å²) in [6.45, 7) is 11.7. The molecule has 0 radical (unpaired) electrons. The number of rotatable bonds is 7. The summed E-state index contributed by atoms with van der Waals surface area (Å²) in [5, 5.41) is 9.69. The van der Waals surface area contributed by atoms with Gasteiger partial charge < -0.3 is 5.32 Å². The number of halogens is 1. The van der Waals surface area contributed by atoms with Crippen LogP contribution in [0.3, 0.4) is 0 Å². The first kappa shape index (κ1) is 19.1. The highest BCUT2D eigenvalue weighted by atomic mass is 19.1. The molecule has 0 unspecified atom stereocenters. The van der Waals surface area contributed by atoms with E-state index in [9.17, 15) is 9.18 Å². The van der Waals surface area contributed by atoms with Gasteiger partial charge in [0.05, 0.1) is 11.3 Å². The number of aromatic nitrogens is 2. The molecule has 0 fully saturated rings. The summed E-state index contributed by atoms with van der Waals surface area (Å²) in [4.78, 5) is 12.1. The van der Waals surface area contributed by atoms with Crippen LogP contribution in [0.2, 0.25) is 0 Å². The highest BCUT2D eigenvalue weighted by molar-refractivity contribution is 5.74. The van der Waals surface area contributed by atoms with E-state index in [2.05, 4.69) is 28.7 Å². The number of nitrogens with zero attached hydrogens (tertiary/aromatic N) is 1. The van der Waals surface area contributed by atoms with E-state index in [1.165, 1.54) is 6.07 Å². The molecule has 2 rings (SSSR count). The number of allylic oxidation sites excluding steroid dienone is 5. The van der Waals surface area contributed by atoms with E-state index in [1.807, 2.05) is 25.2 Å². The summed E-state index contributed by atoms with van der Waals surface area (Å²) in [7, 11) is 0. The van der Waals surface area contributed by atoms with E-state index in [4.69, 9.17) is 0 Å². The summed E-state index contributed by atoms with van der Waals surface area (Å²) in [5.74, 6) is -0.242. The topological polar surface area (TPSA) is 57.8 Å². The van der Waals surface area contributed by atoms with Gasteiger partial charge in [0.1, 0.15) is 5.82 Å². The minimum atomic E-state index is -0.333. The van der Waals surface area contributed by atoms with Crippen molar-refractivity contribution in [3.63, 3.8) is 0 Å². The maximum absolute atomic E-state index is 13.4. The summed E-state index contributed by atoms with van der Waals surface area (Å²) < 4.78 is 13.4. The monoisotopic (exact) mass is 351 g/mol. The van der Waals surface area contributed by atoms with Crippen molar-refractivity contribution in [3.8, 4) is 0 Å². The maximum Gasteiger partial charge on any atom is 0.273 e. The molecule has 134 valence electrons. The van der Waals surface area contributed by atoms with Gasteiger partial charge in [0.15, 0.2) is 0 Å². The van der Waals surface area contributed by atoms with Crippen LogP contribution < -0.4 is 10.9 Å². The van der Waals surface area contributed by atoms with Crippen LogP contribution in [0.5, 0.6) is 0 Å². The van der Waals surface area contributed by atoms with Crippen molar-refractivity contribution in [1.82, 2.24) is 15.5 Å². The standard InChI is InChI=1S/C21H22FN3O/c1-5-7-17(8-6-2)20-12-18(21(26)25-24-20)15(4)23-13-16-9-10-19(22)14(3)11-16/h5-12,23H,1,4,13H2,2-3H3,(H,25,26)/b8-6-,17-7+. The lowest BCUT2D eigenvalue weighted by atomic mass is 10.1. The Bertz CT molecular complexity index is 939. The van der Waals surface area contributed by atoms with Crippen LogP contribution in [0, 0.1) is 12.7 Å². The number of hydrogen-bond acceptors (Lipinski definition) is 3. The smallest absolute Gasteiger partial charge is 0.273 e. The lowest BCUT2D eigenvalue weighted by Crippen LogP contribution is -2.21. The molecule has 1 heterocycles. The number of aromatic amines is 1. The summed E-state index contributed by atoms with van der Waals surface area (Å²) >= 11 is 0. The summed E-state index contributed by atoms with van der Waals surface area (Å²) in [6.07, 6.45) is 7.23. The number of nitrogens with one attached hydrogen (secondary N) is 2. The second-order valence-corrected chi connectivity index (χ2v) is 5.77. The van der Waals surface area contributed by atoms with Crippen molar-refractivity contribution >= 4 is 11.3 Å². The zero-order valence-electron chi connectivity index (χ0n) is 15.0. The van der Waals surface area contributed by atoms with Crippen LogP contribution in [-0.2, 0) is 6.54 Å². The van der Waals surface area contributed by atoms with Crippen LogP contribution in [0.25, 0.3) is 11.3 Å². The third kappa shape index (κ3) is 4.66. The van der Waals surface area contributed by atoms with Gasteiger partial charge in [-0.3, -0.25) is 4.79 Å². The first-order chi connectivity index (χ1) is 12.5. The van der Waals surface area contributed by atoms with E-state index in [0.717, 1.165) is 11.1 Å². The van der Waals surface area contributed by atoms with E-state index in [0.29, 0.717) is 29.1 Å². The number of hydrogen-bond donors (Lipinski definition) is 2. The molecule has 1 aromatic carbocycles. The van der Waals surface area contributed by atoms with Gasteiger partial charge in [0.25, 0.3) is 5.56 Å². The molecule has 0 aliphatic carbocycles. The van der Waals surface area contributed by atoms with Crippen molar-refractivity contribution in [3.05, 3.63) is 100 Å². The second-order valence-electron chi connectivity index (χ2n) is 5.77. The molecule has 0 bridgehead atoms. The number of aryl methyl sites for hydroxylation is 1. The molecule has 26 heavy (non-hydrogen) atoms. The van der Waals surface area contributed by atoms with Crippen LogP contribution >= 0.6 is 0 Å². The predicted molar refractivity (Wildman–Crippen MR) is 105 cm³/mol. The normalized spacial score (nSPS) is 11.6. The Morgan fingerprint density at radius 2 is 2.15 bits per heavy atom. The van der Waals surface area contributed by atoms with Gasteiger partial charge in [-0.15, -0.1) is 0 Å². The fourth-order valence-corrected chi connectivity index (χ4v) is 2.43. The third-order valence-electron chi connectivity index (χ3n) is 3.80. The van der Waals surface area contributed by atoms with Crippen LogP contribution in [0.15, 0.2) is 66.5 Å². The maximum atomic E-state index is 13.4. The summed E-state index contributed by atoms with van der Waals surface area (Å²) in [5.41, 5.74) is 3.44. The van der Waals surface area contributed by atoms with E-state index in [-0.39, 0.29) is 11.4 Å². The molecular weight excluding hydrogens is 329 g/mol. The zero-order chi connectivity index (χ0) is 19.1. The van der Waals surface area contributed by atoms with Gasteiger partial charge in [-0.25, -0.2) is 9.49 Å². The van der Waals surface area contributed by atoms with Gasteiger partial charge in [-0.05, 0) is 37.1 Å². The SMILES string of the molecule is C=C/C=C(\C=C/C)c1cc(C(=C)NCc2ccc(F)c(C)c2)c(=O)[nH]n1. The van der Waals surface area contributed by atoms with E-state index >= 15 is 0 Å².